The van der Waals surface area contributed by atoms with E-state index < -0.39 is 7.14 Å². The summed E-state index contributed by atoms with van der Waals surface area (Å²) in [4.78, 5) is 0. The van der Waals surface area contributed by atoms with Gasteiger partial charge in [0.2, 0.25) is 0 Å². The van der Waals surface area contributed by atoms with Crippen LogP contribution in [0.4, 0.5) is 0 Å². The molecule has 2 heteroatoms. The summed E-state index contributed by atoms with van der Waals surface area (Å²) in [6, 6.07) is 36.2. The molecular weight excluding hydrogens is 383 g/mol. The molecule has 146 valence electrons. The third kappa shape index (κ3) is 3.16. The third-order valence-electron chi connectivity index (χ3n) is 5.77. The molecule has 0 unspecified atom stereocenters. The van der Waals surface area contributed by atoms with Crippen molar-refractivity contribution >= 4 is 34.0 Å². The average molecular weight is 406 g/mol. The molecular formula is C28H23OP. The smallest absolute Gasteiger partial charge is 0.109 e. The van der Waals surface area contributed by atoms with Crippen molar-refractivity contribution in [1.29, 1.82) is 0 Å². The largest absolute Gasteiger partial charge is 0.319 e. The second-order valence-electron chi connectivity index (χ2n) is 8.10. The lowest BCUT2D eigenvalue weighted by molar-refractivity contribution is 0.588. The fourth-order valence-corrected chi connectivity index (χ4v) is 5.21. The molecule has 5 aromatic carbocycles. The molecule has 0 aliphatic carbocycles. The predicted molar refractivity (Wildman–Crippen MR) is 131 cm³/mol. The fourth-order valence-electron chi connectivity index (χ4n) is 4.34. The van der Waals surface area contributed by atoms with Crippen LogP contribution in [-0.4, -0.2) is 13.3 Å². The van der Waals surface area contributed by atoms with E-state index in [1.165, 1.54) is 38.2 Å². The van der Waals surface area contributed by atoms with Gasteiger partial charge in [-0.15, -0.1) is 0 Å². The van der Waals surface area contributed by atoms with E-state index in [0.29, 0.717) is 0 Å². The first-order valence-electron chi connectivity index (χ1n) is 10.2. The van der Waals surface area contributed by atoms with Gasteiger partial charge in [0.05, 0.1) is 0 Å². The Balaban J connectivity index is 1.89. The van der Waals surface area contributed by atoms with Gasteiger partial charge in [-0.2, -0.15) is 0 Å². The zero-order chi connectivity index (χ0) is 20.7. The number of rotatable bonds is 3. The van der Waals surface area contributed by atoms with E-state index in [4.69, 9.17) is 0 Å². The van der Waals surface area contributed by atoms with Crippen LogP contribution in [0.2, 0.25) is 0 Å². The Morgan fingerprint density at radius 1 is 0.467 bits per heavy atom. The average Bonchev–Trinajstić information content (AvgIpc) is 2.77. The summed E-state index contributed by atoms with van der Waals surface area (Å²) in [6.07, 6.45) is 0. The summed E-state index contributed by atoms with van der Waals surface area (Å²) in [6.45, 7) is 3.64. The van der Waals surface area contributed by atoms with Gasteiger partial charge in [-0.1, -0.05) is 103 Å². The lowest BCUT2D eigenvalue weighted by atomic mass is 9.86. The summed E-state index contributed by atoms with van der Waals surface area (Å²) in [5.41, 5.74) is 4.88. The summed E-state index contributed by atoms with van der Waals surface area (Å²) in [5.74, 6) is 0. The van der Waals surface area contributed by atoms with E-state index in [1.54, 1.807) is 0 Å². The highest BCUT2D eigenvalue weighted by molar-refractivity contribution is 7.70. The van der Waals surface area contributed by atoms with Crippen LogP contribution in [0, 0.1) is 0 Å². The van der Waals surface area contributed by atoms with Crippen LogP contribution in [0.25, 0.3) is 43.8 Å². The number of hydrogen-bond acceptors (Lipinski definition) is 1. The van der Waals surface area contributed by atoms with Crippen LogP contribution in [0.5, 0.6) is 0 Å². The van der Waals surface area contributed by atoms with Crippen molar-refractivity contribution in [3.63, 3.8) is 0 Å². The molecule has 0 saturated carbocycles. The molecule has 0 aromatic heterocycles. The Morgan fingerprint density at radius 2 is 0.833 bits per heavy atom. The maximum absolute atomic E-state index is 12.5. The van der Waals surface area contributed by atoms with Crippen LogP contribution < -0.4 is 5.30 Å². The van der Waals surface area contributed by atoms with Gasteiger partial charge >= 0.3 is 0 Å². The van der Waals surface area contributed by atoms with E-state index in [0.717, 1.165) is 10.9 Å². The zero-order valence-corrected chi connectivity index (χ0v) is 18.1. The minimum absolute atomic E-state index is 0.917. The number of fused-ring (bicyclic) bond motifs is 2. The second-order valence-corrected chi connectivity index (χ2v) is 11.3. The van der Waals surface area contributed by atoms with Gasteiger partial charge < -0.3 is 4.57 Å². The van der Waals surface area contributed by atoms with Gasteiger partial charge in [-0.25, -0.2) is 0 Å². The van der Waals surface area contributed by atoms with Crippen LogP contribution in [-0.2, 0) is 4.57 Å². The van der Waals surface area contributed by atoms with E-state index >= 15 is 0 Å². The Kier molecular flexibility index (Phi) is 4.57. The highest BCUT2D eigenvalue weighted by atomic mass is 31.2. The highest BCUT2D eigenvalue weighted by Gasteiger charge is 2.17. The van der Waals surface area contributed by atoms with Crippen LogP contribution >= 0.6 is 7.14 Å². The first kappa shape index (κ1) is 18.9. The van der Waals surface area contributed by atoms with Crippen molar-refractivity contribution in [3.8, 4) is 22.3 Å². The number of hydrogen-bond donors (Lipinski definition) is 0. The zero-order valence-electron chi connectivity index (χ0n) is 17.2. The van der Waals surface area contributed by atoms with Crippen molar-refractivity contribution in [2.24, 2.45) is 0 Å². The minimum Gasteiger partial charge on any atom is -0.319 e. The highest BCUT2D eigenvalue weighted by Crippen LogP contribution is 2.43. The van der Waals surface area contributed by atoms with Gasteiger partial charge in [0.1, 0.15) is 7.14 Å². The predicted octanol–water partition coefficient (Wildman–Crippen LogP) is 7.58. The second kappa shape index (κ2) is 7.27. The molecule has 0 N–H and O–H groups in total. The van der Waals surface area contributed by atoms with E-state index in [2.05, 4.69) is 91.0 Å². The first-order chi connectivity index (χ1) is 14.5. The maximum Gasteiger partial charge on any atom is 0.109 e. The topological polar surface area (TPSA) is 17.1 Å². The Labute approximate surface area is 177 Å². The Morgan fingerprint density at radius 3 is 1.23 bits per heavy atom. The van der Waals surface area contributed by atoms with E-state index in [-0.39, 0.29) is 0 Å². The van der Waals surface area contributed by atoms with Gasteiger partial charge in [0, 0.05) is 5.30 Å². The molecule has 0 atom stereocenters. The van der Waals surface area contributed by atoms with Gasteiger partial charge in [-0.3, -0.25) is 0 Å². The van der Waals surface area contributed by atoms with Crippen molar-refractivity contribution in [3.05, 3.63) is 103 Å². The van der Waals surface area contributed by atoms with Gasteiger partial charge in [-0.05, 0) is 57.1 Å². The molecule has 0 aliphatic heterocycles. The fraction of sp³-hybridized carbons (Fsp3) is 0.0714. The van der Waals surface area contributed by atoms with E-state index in [1.807, 2.05) is 25.5 Å². The van der Waals surface area contributed by atoms with Crippen LogP contribution in [0.3, 0.4) is 0 Å². The third-order valence-corrected chi connectivity index (χ3v) is 7.31. The summed E-state index contributed by atoms with van der Waals surface area (Å²) in [7, 11) is -2.27. The van der Waals surface area contributed by atoms with Gasteiger partial charge in [0.15, 0.2) is 0 Å². The van der Waals surface area contributed by atoms with Crippen molar-refractivity contribution in [2.45, 2.75) is 0 Å². The number of benzene rings is 5. The Bertz CT molecular complexity index is 1350. The molecule has 0 spiro atoms. The van der Waals surface area contributed by atoms with Crippen molar-refractivity contribution < 1.29 is 4.57 Å². The monoisotopic (exact) mass is 406 g/mol. The summed E-state index contributed by atoms with van der Waals surface area (Å²) in [5, 5.41) is 5.88. The SMILES string of the molecule is CP(C)(=O)c1ccc(-c2c3ccccc3c(-c3ccccc3)c3ccccc23)cc1. The normalized spacial score (nSPS) is 11.8. The van der Waals surface area contributed by atoms with Crippen molar-refractivity contribution in [2.75, 3.05) is 13.3 Å². The molecule has 0 aliphatic rings. The van der Waals surface area contributed by atoms with Gasteiger partial charge in [0.25, 0.3) is 0 Å². The maximum atomic E-state index is 12.5. The molecule has 0 bridgehead atoms. The summed E-state index contributed by atoms with van der Waals surface area (Å²) < 4.78 is 12.5. The summed E-state index contributed by atoms with van der Waals surface area (Å²) >= 11 is 0. The molecule has 0 saturated heterocycles. The molecule has 0 fully saturated rings. The standard InChI is InChI=1S/C28H23OP/c1-30(2,29)22-18-16-21(17-19-22)28-25-14-8-6-12-23(25)27(20-10-4-3-5-11-20)24-13-7-9-15-26(24)28/h3-19H,1-2H3. The first-order valence-corrected chi connectivity index (χ1v) is 12.8. The van der Waals surface area contributed by atoms with Crippen molar-refractivity contribution in [1.82, 2.24) is 0 Å². The lowest BCUT2D eigenvalue weighted by Crippen LogP contribution is -2.01. The minimum atomic E-state index is -2.27. The molecule has 0 radical (unpaired) electrons. The molecule has 30 heavy (non-hydrogen) atoms. The lowest BCUT2D eigenvalue weighted by Gasteiger charge is -2.18. The molecule has 5 aromatic rings. The van der Waals surface area contributed by atoms with Crippen LogP contribution in [0.15, 0.2) is 103 Å². The molecule has 0 heterocycles. The molecule has 0 amide bonds. The van der Waals surface area contributed by atoms with E-state index in [9.17, 15) is 4.57 Å². The Hall–Kier alpha value is -3.15. The van der Waals surface area contributed by atoms with Crippen LogP contribution in [0.1, 0.15) is 0 Å². The quantitative estimate of drug-likeness (QED) is 0.223. The molecule has 1 nitrogen and oxygen atoms in total. The molecule has 5 rings (SSSR count).